The lowest BCUT2D eigenvalue weighted by molar-refractivity contribution is -0.384. The van der Waals surface area contributed by atoms with Crippen LogP contribution in [-0.4, -0.2) is 83.1 Å². The number of urea groups is 1. The molecular weight excluding hydrogens is 608 g/mol. The Morgan fingerprint density at radius 1 is 1.06 bits per heavy atom. The van der Waals surface area contributed by atoms with Crippen LogP contribution in [0.3, 0.4) is 0 Å². The summed E-state index contributed by atoms with van der Waals surface area (Å²) in [6.07, 6.45) is 6.88. The Kier molecular flexibility index (Phi) is 10.4. The standard InChI is InChI=1S/C34H40N4O9/c1-3-46-32(41)34-20-25(34)9-7-5-4-6-8-18-36(21-23-10-16-27(45-2)17-11-23)33(42)37-22-28(19-29(37)30(39)35-34)47-31(40)24-12-14-26(15-13-24)38(43)44/h7,9-17,25,28-29H,3-6,8,18-22H2,1-2H3,(H,35,39)/b9-7-/t25-,28+,29-,34+/m0/s1. The summed E-state index contributed by atoms with van der Waals surface area (Å²) >= 11 is 0. The van der Waals surface area contributed by atoms with Gasteiger partial charge in [0, 0.05) is 37.6 Å². The molecule has 2 aromatic carbocycles. The molecule has 1 saturated heterocycles. The Hall–Kier alpha value is -4.94. The molecule has 47 heavy (non-hydrogen) atoms. The van der Waals surface area contributed by atoms with Crippen LogP contribution in [0.2, 0.25) is 0 Å². The summed E-state index contributed by atoms with van der Waals surface area (Å²) in [6, 6.07) is 11.0. The van der Waals surface area contributed by atoms with Gasteiger partial charge in [-0.1, -0.05) is 30.7 Å². The third-order valence-corrected chi connectivity index (χ3v) is 8.87. The predicted octanol–water partition coefficient (Wildman–Crippen LogP) is 4.39. The van der Waals surface area contributed by atoms with Crippen LogP contribution < -0.4 is 10.1 Å². The van der Waals surface area contributed by atoms with Crippen molar-refractivity contribution in [2.24, 2.45) is 5.92 Å². The zero-order chi connectivity index (χ0) is 33.6. The molecule has 0 unspecified atom stereocenters. The lowest BCUT2D eigenvalue weighted by Crippen LogP contribution is -2.55. The van der Waals surface area contributed by atoms with E-state index in [-0.39, 0.29) is 49.3 Å². The fourth-order valence-electron chi connectivity index (χ4n) is 6.17. The number of allylic oxidation sites excluding steroid dienone is 1. The van der Waals surface area contributed by atoms with Gasteiger partial charge in [0.25, 0.3) is 5.69 Å². The minimum absolute atomic E-state index is 0.00603. The number of non-ortho nitro benzene ring substituents is 1. The first-order valence-corrected chi connectivity index (χ1v) is 15.9. The van der Waals surface area contributed by atoms with Gasteiger partial charge in [-0.2, -0.15) is 0 Å². The van der Waals surface area contributed by atoms with Crippen LogP contribution >= 0.6 is 0 Å². The number of nitrogens with one attached hydrogen (secondary N) is 1. The summed E-state index contributed by atoms with van der Waals surface area (Å²) < 4.78 is 16.4. The van der Waals surface area contributed by atoms with Gasteiger partial charge in [0.05, 0.1) is 30.7 Å². The topological polar surface area (TPSA) is 158 Å². The molecule has 13 heteroatoms. The van der Waals surface area contributed by atoms with Crippen LogP contribution in [0.15, 0.2) is 60.7 Å². The largest absolute Gasteiger partial charge is 0.497 e. The number of amides is 3. The number of carbonyl (C=O) groups excluding carboxylic acids is 4. The van der Waals surface area contributed by atoms with E-state index in [0.717, 1.165) is 31.2 Å². The van der Waals surface area contributed by atoms with Gasteiger partial charge >= 0.3 is 18.0 Å². The van der Waals surface area contributed by atoms with Crippen molar-refractivity contribution >= 4 is 29.6 Å². The Bertz CT molecular complexity index is 1510. The monoisotopic (exact) mass is 648 g/mol. The normalized spacial score (nSPS) is 25.3. The van der Waals surface area contributed by atoms with Crippen molar-refractivity contribution in [2.75, 3.05) is 26.8 Å². The van der Waals surface area contributed by atoms with E-state index in [4.69, 9.17) is 14.2 Å². The fourth-order valence-corrected chi connectivity index (χ4v) is 6.17. The molecule has 2 aromatic rings. The summed E-state index contributed by atoms with van der Waals surface area (Å²) in [5, 5.41) is 14.0. The van der Waals surface area contributed by atoms with Crippen molar-refractivity contribution in [3.8, 4) is 5.75 Å². The molecular formula is C34H40N4O9. The maximum Gasteiger partial charge on any atom is 0.338 e. The molecule has 1 saturated carbocycles. The van der Waals surface area contributed by atoms with Crippen LogP contribution in [0.5, 0.6) is 5.75 Å². The molecule has 0 spiro atoms. The van der Waals surface area contributed by atoms with Crippen molar-refractivity contribution in [2.45, 2.75) is 69.7 Å². The maximum absolute atomic E-state index is 14.3. The van der Waals surface area contributed by atoms with E-state index in [1.165, 1.54) is 29.2 Å². The molecule has 0 radical (unpaired) electrons. The molecule has 250 valence electrons. The summed E-state index contributed by atoms with van der Waals surface area (Å²) in [4.78, 5) is 68.0. The number of fused-ring (bicyclic) bond motifs is 2. The number of hydrogen-bond donors (Lipinski definition) is 1. The number of nitro groups is 1. The van der Waals surface area contributed by atoms with Crippen molar-refractivity contribution < 1.29 is 38.3 Å². The molecule has 5 rings (SSSR count). The second kappa shape index (κ2) is 14.7. The molecule has 2 fully saturated rings. The second-order valence-corrected chi connectivity index (χ2v) is 12.1. The summed E-state index contributed by atoms with van der Waals surface area (Å²) in [5.74, 6) is -1.33. The zero-order valence-electron chi connectivity index (χ0n) is 26.6. The molecule has 2 aliphatic heterocycles. The number of nitrogens with zero attached hydrogens (tertiary/aromatic N) is 3. The minimum atomic E-state index is -1.23. The number of methoxy groups -OCH3 is 1. The van der Waals surface area contributed by atoms with Gasteiger partial charge in [0.15, 0.2) is 0 Å². The first-order valence-electron chi connectivity index (χ1n) is 15.9. The van der Waals surface area contributed by atoms with Crippen LogP contribution in [0.1, 0.15) is 61.4 Å². The molecule has 4 atom stereocenters. The highest BCUT2D eigenvalue weighted by atomic mass is 16.6. The number of ether oxygens (including phenoxy) is 3. The van der Waals surface area contributed by atoms with Crippen molar-refractivity contribution in [1.29, 1.82) is 0 Å². The maximum atomic E-state index is 14.3. The Morgan fingerprint density at radius 3 is 2.49 bits per heavy atom. The smallest absolute Gasteiger partial charge is 0.338 e. The third-order valence-electron chi connectivity index (χ3n) is 8.87. The van der Waals surface area contributed by atoms with E-state index in [9.17, 15) is 29.3 Å². The highest BCUT2D eigenvalue weighted by Crippen LogP contribution is 2.46. The van der Waals surface area contributed by atoms with Gasteiger partial charge in [-0.3, -0.25) is 14.9 Å². The van der Waals surface area contributed by atoms with Crippen LogP contribution in [0.25, 0.3) is 0 Å². The molecule has 0 aromatic heterocycles. The summed E-state index contributed by atoms with van der Waals surface area (Å²) in [6.45, 7) is 2.54. The third kappa shape index (κ3) is 7.72. The Balaban J connectivity index is 1.42. The fraction of sp³-hybridized carbons (Fsp3) is 0.471. The predicted molar refractivity (Wildman–Crippen MR) is 169 cm³/mol. The number of carbonyl (C=O) groups is 4. The quantitative estimate of drug-likeness (QED) is 0.190. The van der Waals surface area contributed by atoms with Gasteiger partial charge in [-0.05, 0) is 62.4 Å². The Labute approximate surface area is 273 Å². The lowest BCUT2D eigenvalue weighted by atomic mass is 10.1. The van der Waals surface area contributed by atoms with Crippen LogP contribution in [0.4, 0.5) is 10.5 Å². The van der Waals surface area contributed by atoms with Gasteiger partial charge < -0.3 is 29.3 Å². The average molecular weight is 649 g/mol. The van der Waals surface area contributed by atoms with Gasteiger partial charge in [0.1, 0.15) is 23.4 Å². The number of rotatable bonds is 8. The zero-order valence-corrected chi connectivity index (χ0v) is 26.6. The van der Waals surface area contributed by atoms with Gasteiger partial charge in [-0.15, -0.1) is 0 Å². The highest BCUT2D eigenvalue weighted by molar-refractivity contribution is 5.95. The van der Waals surface area contributed by atoms with E-state index in [1.54, 1.807) is 18.9 Å². The van der Waals surface area contributed by atoms with Gasteiger partial charge in [0.2, 0.25) is 5.91 Å². The number of esters is 2. The van der Waals surface area contributed by atoms with Crippen molar-refractivity contribution in [3.63, 3.8) is 0 Å². The highest BCUT2D eigenvalue weighted by Gasteiger charge is 2.62. The van der Waals surface area contributed by atoms with E-state index in [1.807, 2.05) is 36.4 Å². The summed E-state index contributed by atoms with van der Waals surface area (Å²) in [7, 11) is 1.58. The molecule has 3 amide bonds. The number of benzene rings is 2. The minimum Gasteiger partial charge on any atom is -0.497 e. The van der Waals surface area contributed by atoms with Gasteiger partial charge in [-0.25, -0.2) is 14.4 Å². The molecule has 0 bridgehead atoms. The summed E-state index contributed by atoms with van der Waals surface area (Å²) in [5.41, 5.74) is -0.417. The van der Waals surface area contributed by atoms with E-state index in [0.29, 0.717) is 18.7 Å². The second-order valence-electron chi connectivity index (χ2n) is 12.1. The van der Waals surface area contributed by atoms with Crippen molar-refractivity contribution in [3.05, 3.63) is 81.9 Å². The first-order chi connectivity index (χ1) is 22.6. The number of hydrogen-bond acceptors (Lipinski definition) is 9. The Morgan fingerprint density at radius 2 is 1.81 bits per heavy atom. The molecule has 3 aliphatic rings. The van der Waals surface area contributed by atoms with E-state index >= 15 is 0 Å². The molecule has 13 nitrogen and oxygen atoms in total. The lowest BCUT2D eigenvalue weighted by Gasteiger charge is -2.32. The van der Waals surface area contributed by atoms with E-state index in [2.05, 4.69) is 5.32 Å². The van der Waals surface area contributed by atoms with E-state index < -0.39 is 40.5 Å². The SMILES string of the molecule is CCOC(=O)[C@@]12C[C@@H]1/C=C\CCCCCN(Cc1ccc(OC)cc1)C(=O)N1C[C@H](OC(=O)c3ccc([N+](=O)[O-])cc3)C[C@H]1C(=O)N2. The van der Waals surface area contributed by atoms with Crippen molar-refractivity contribution in [1.82, 2.24) is 15.1 Å². The van der Waals surface area contributed by atoms with Crippen LogP contribution in [-0.2, 0) is 25.6 Å². The first kappa shape index (κ1) is 33.4. The molecule has 2 heterocycles. The molecule has 1 aliphatic carbocycles. The molecule has 1 N–H and O–H groups in total. The van der Waals surface area contributed by atoms with Crippen LogP contribution in [0, 0.1) is 16.0 Å². The average Bonchev–Trinajstić information content (AvgIpc) is 3.60. The number of nitro benzene ring substituents is 1.